The molecular weight excluding hydrogens is 452 g/mol. The molecule has 2 aromatic carbocycles. The van der Waals surface area contributed by atoms with Crippen LogP contribution in [0.4, 0.5) is 0 Å². The SMILES string of the molecule is Cc1ccc2[nH]c(=O)c(CN(CC3CCCO3)C(c3nnnn3Cc3ccccc3)C(C)C)cc2c1. The number of aromatic nitrogens is 5. The third kappa shape index (κ3) is 5.39. The average Bonchev–Trinajstić information content (AvgIpc) is 3.53. The van der Waals surface area contributed by atoms with Crippen molar-refractivity contribution < 1.29 is 4.74 Å². The highest BCUT2D eigenvalue weighted by molar-refractivity contribution is 5.79. The molecule has 2 aromatic heterocycles. The van der Waals surface area contributed by atoms with Crippen LogP contribution in [0.25, 0.3) is 10.9 Å². The van der Waals surface area contributed by atoms with Gasteiger partial charge in [0.25, 0.3) is 5.56 Å². The van der Waals surface area contributed by atoms with Crippen LogP contribution in [0.2, 0.25) is 0 Å². The van der Waals surface area contributed by atoms with Crippen molar-refractivity contribution in [2.75, 3.05) is 13.2 Å². The summed E-state index contributed by atoms with van der Waals surface area (Å²) in [5, 5.41) is 13.9. The lowest BCUT2D eigenvalue weighted by Gasteiger charge is -2.35. The van der Waals surface area contributed by atoms with Crippen LogP contribution in [0.15, 0.2) is 59.4 Å². The standard InChI is InChI=1S/C28H34N6O2/c1-19(2)26(27-30-31-32-34(27)16-21-8-5-4-6-9-21)33(18-24-10-7-13-36-24)17-23-15-22-14-20(3)11-12-25(22)29-28(23)35/h4-6,8-9,11-12,14-15,19,24,26H,7,10,13,16-18H2,1-3H3,(H,29,35). The van der Waals surface area contributed by atoms with E-state index in [1.54, 1.807) is 0 Å². The van der Waals surface area contributed by atoms with Crippen LogP contribution in [0, 0.1) is 12.8 Å². The minimum Gasteiger partial charge on any atom is -0.377 e. The molecule has 0 radical (unpaired) electrons. The minimum atomic E-state index is -0.0829. The molecule has 1 N–H and O–H groups in total. The topological polar surface area (TPSA) is 88.9 Å². The maximum atomic E-state index is 13.1. The Hall–Kier alpha value is -3.36. The normalized spacial score (nSPS) is 16.9. The van der Waals surface area contributed by atoms with Gasteiger partial charge in [0.15, 0.2) is 5.82 Å². The molecule has 0 bridgehead atoms. The summed E-state index contributed by atoms with van der Waals surface area (Å²) in [5.41, 5.74) is 3.83. The summed E-state index contributed by atoms with van der Waals surface area (Å²) < 4.78 is 7.91. The van der Waals surface area contributed by atoms with Gasteiger partial charge in [-0.25, -0.2) is 4.68 Å². The lowest BCUT2D eigenvalue weighted by Crippen LogP contribution is -2.40. The number of nitrogens with zero attached hydrogens (tertiary/aromatic N) is 5. The van der Waals surface area contributed by atoms with Gasteiger partial charge in [0, 0.05) is 30.8 Å². The van der Waals surface area contributed by atoms with Crippen molar-refractivity contribution in [2.45, 2.75) is 58.8 Å². The Morgan fingerprint density at radius 2 is 2.00 bits per heavy atom. The summed E-state index contributed by atoms with van der Waals surface area (Å²) in [5.74, 6) is 1.02. The minimum absolute atomic E-state index is 0.0601. The van der Waals surface area contributed by atoms with Gasteiger partial charge in [-0.3, -0.25) is 9.69 Å². The van der Waals surface area contributed by atoms with E-state index >= 15 is 0 Å². The van der Waals surface area contributed by atoms with Gasteiger partial charge in [0.1, 0.15) is 0 Å². The zero-order valence-corrected chi connectivity index (χ0v) is 21.2. The smallest absolute Gasteiger partial charge is 0.252 e. The molecule has 0 saturated carbocycles. The number of hydrogen-bond donors (Lipinski definition) is 1. The van der Waals surface area contributed by atoms with Crippen molar-refractivity contribution in [3.8, 4) is 0 Å². The number of nitrogens with one attached hydrogen (secondary N) is 1. The number of aromatic amines is 1. The van der Waals surface area contributed by atoms with Crippen molar-refractivity contribution >= 4 is 10.9 Å². The molecule has 1 aliphatic heterocycles. The molecule has 8 nitrogen and oxygen atoms in total. The van der Waals surface area contributed by atoms with E-state index in [0.29, 0.717) is 19.6 Å². The first kappa shape index (κ1) is 24.3. The van der Waals surface area contributed by atoms with Crippen LogP contribution in [-0.4, -0.2) is 49.3 Å². The molecule has 36 heavy (non-hydrogen) atoms. The number of benzene rings is 2. The zero-order valence-electron chi connectivity index (χ0n) is 21.2. The van der Waals surface area contributed by atoms with Crippen LogP contribution >= 0.6 is 0 Å². The van der Waals surface area contributed by atoms with Crippen molar-refractivity contribution in [2.24, 2.45) is 5.92 Å². The molecule has 188 valence electrons. The Bertz CT molecular complexity index is 1360. The summed E-state index contributed by atoms with van der Waals surface area (Å²) >= 11 is 0. The predicted octanol–water partition coefficient (Wildman–Crippen LogP) is 4.25. The van der Waals surface area contributed by atoms with Gasteiger partial charge in [0.05, 0.1) is 18.7 Å². The fourth-order valence-electron chi connectivity index (χ4n) is 5.21. The predicted molar refractivity (Wildman–Crippen MR) is 140 cm³/mol. The first-order chi connectivity index (χ1) is 17.5. The molecule has 8 heteroatoms. The summed E-state index contributed by atoms with van der Waals surface area (Å²) in [6, 6.07) is 18.2. The van der Waals surface area contributed by atoms with Gasteiger partial charge in [0.2, 0.25) is 0 Å². The number of fused-ring (bicyclic) bond motifs is 1. The summed E-state index contributed by atoms with van der Waals surface area (Å²) in [6.07, 6.45) is 2.21. The lowest BCUT2D eigenvalue weighted by molar-refractivity contribution is 0.0385. The molecule has 3 heterocycles. The fourth-order valence-corrected chi connectivity index (χ4v) is 5.21. The highest BCUT2D eigenvalue weighted by Crippen LogP contribution is 2.30. The van der Waals surface area contributed by atoms with E-state index < -0.39 is 0 Å². The van der Waals surface area contributed by atoms with Crippen molar-refractivity contribution in [3.63, 3.8) is 0 Å². The first-order valence-electron chi connectivity index (χ1n) is 12.8. The highest BCUT2D eigenvalue weighted by Gasteiger charge is 2.32. The van der Waals surface area contributed by atoms with Gasteiger partial charge >= 0.3 is 0 Å². The van der Waals surface area contributed by atoms with Crippen LogP contribution in [0.3, 0.4) is 0 Å². The molecule has 2 atom stereocenters. The molecular formula is C28H34N6O2. The van der Waals surface area contributed by atoms with Crippen molar-refractivity contribution in [1.29, 1.82) is 0 Å². The van der Waals surface area contributed by atoms with Gasteiger partial charge in [-0.2, -0.15) is 0 Å². The third-order valence-electron chi connectivity index (χ3n) is 6.94. The number of H-pyrrole nitrogens is 1. The second-order valence-electron chi connectivity index (χ2n) is 10.1. The molecule has 1 aliphatic rings. The van der Waals surface area contributed by atoms with Crippen LogP contribution in [0.5, 0.6) is 0 Å². The third-order valence-corrected chi connectivity index (χ3v) is 6.94. The molecule has 0 aliphatic carbocycles. The second-order valence-corrected chi connectivity index (χ2v) is 10.1. The lowest BCUT2D eigenvalue weighted by atomic mass is 9.99. The van der Waals surface area contributed by atoms with E-state index in [1.807, 2.05) is 41.1 Å². The van der Waals surface area contributed by atoms with Crippen molar-refractivity contribution in [3.05, 3.63) is 87.5 Å². The molecule has 4 aromatic rings. The molecule has 2 unspecified atom stereocenters. The molecule has 0 spiro atoms. The summed E-state index contributed by atoms with van der Waals surface area (Å²) in [4.78, 5) is 18.5. The Labute approximate surface area is 211 Å². The average molecular weight is 487 g/mol. The molecule has 1 saturated heterocycles. The summed E-state index contributed by atoms with van der Waals surface area (Å²) in [6.45, 7) is 9.01. The summed E-state index contributed by atoms with van der Waals surface area (Å²) in [7, 11) is 0. The number of ether oxygens (including phenoxy) is 1. The Morgan fingerprint density at radius 3 is 2.75 bits per heavy atom. The fraction of sp³-hybridized carbons (Fsp3) is 0.429. The van der Waals surface area contributed by atoms with Gasteiger partial charge in [-0.15, -0.1) is 5.10 Å². The maximum Gasteiger partial charge on any atom is 0.252 e. The molecule has 5 rings (SSSR count). The second kappa shape index (κ2) is 10.7. The largest absolute Gasteiger partial charge is 0.377 e. The Kier molecular flexibility index (Phi) is 7.25. The van der Waals surface area contributed by atoms with Crippen LogP contribution in [0.1, 0.15) is 55.2 Å². The van der Waals surface area contributed by atoms with Gasteiger partial charge in [-0.1, -0.05) is 55.8 Å². The number of tetrazole rings is 1. The first-order valence-corrected chi connectivity index (χ1v) is 12.8. The van der Waals surface area contributed by atoms with E-state index in [-0.39, 0.29) is 23.6 Å². The van der Waals surface area contributed by atoms with Crippen LogP contribution < -0.4 is 5.56 Å². The number of pyridine rings is 1. The van der Waals surface area contributed by atoms with Gasteiger partial charge in [-0.05, 0) is 65.3 Å². The van der Waals surface area contributed by atoms with Gasteiger partial charge < -0.3 is 9.72 Å². The Balaban J connectivity index is 1.51. The quantitative estimate of drug-likeness (QED) is 0.381. The van der Waals surface area contributed by atoms with Crippen molar-refractivity contribution in [1.82, 2.24) is 30.1 Å². The Morgan fingerprint density at radius 1 is 1.17 bits per heavy atom. The van der Waals surface area contributed by atoms with E-state index in [9.17, 15) is 4.79 Å². The van der Waals surface area contributed by atoms with Crippen LogP contribution in [-0.2, 0) is 17.8 Å². The number of hydrogen-bond acceptors (Lipinski definition) is 6. The van der Waals surface area contributed by atoms with E-state index in [1.165, 1.54) is 0 Å². The molecule has 1 fully saturated rings. The monoisotopic (exact) mass is 486 g/mol. The maximum absolute atomic E-state index is 13.1. The number of rotatable bonds is 9. The van der Waals surface area contributed by atoms with E-state index in [0.717, 1.165) is 52.9 Å². The number of aryl methyl sites for hydroxylation is 1. The zero-order chi connectivity index (χ0) is 25.1. The highest BCUT2D eigenvalue weighted by atomic mass is 16.5. The molecule has 0 amide bonds. The van der Waals surface area contributed by atoms with E-state index in [2.05, 4.69) is 64.4 Å². The van der Waals surface area contributed by atoms with E-state index in [4.69, 9.17) is 4.74 Å².